The van der Waals surface area contributed by atoms with Gasteiger partial charge in [-0.2, -0.15) is 0 Å². The maximum Gasteiger partial charge on any atom is 0.238 e. The van der Waals surface area contributed by atoms with Crippen LogP contribution >= 0.6 is 0 Å². The lowest BCUT2D eigenvalue weighted by molar-refractivity contribution is -0.129. The van der Waals surface area contributed by atoms with Crippen molar-refractivity contribution in [3.05, 3.63) is 0 Å². The van der Waals surface area contributed by atoms with Gasteiger partial charge < -0.3 is 10.6 Å². The summed E-state index contributed by atoms with van der Waals surface area (Å²) < 4.78 is 0. The molecule has 2 aliphatic rings. The molecule has 1 unspecified atom stereocenters. The van der Waals surface area contributed by atoms with Gasteiger partial charge in [0.2, 0.25) is 5.91 Å². The van der Waals surface area contributed by atoms with E-state index in [-0.39, 0.29) is 11.9 Å². The molecular weight excluding hydrogens is 226 g/mol. The van der Waals surface area contributed by atoms with E-state index in [1.807, 2.05) is 6.92 Å². The van der Waals surface area contributed by atoms with Gasteiger partial charge in [0.25, 0.3) is 0 Å². The Bertz CT molecular complexity index is 287. The molecule has 4 heteroatoms. The molecule has 2 fully saturated rings. The third kappa shape index (κ3) is 2.86. The van der Waals surface area contributed by atoms with Gasteiger partial charge in [0.1, 0.15) is 6.04 Å². The van der Waals surface area contributed by atoms with Crippen molar-refractivity contribution in [3.63, 3.8) is 0 Å². The van der Waals surface area contributed by atoms with Crippen molar-refractivity contribution >= 4 is 5.91 Å². The molecule has 4 nitrogen and oxygen atoms in total. The predicted octanol–water partition coefficient (Wildman–Crippen LogP) is 0.831. The maximum absolute atomic E-state index is 12.1. The van der Waals surface area contributed by atoms with Gasteiger partial charge in [-0.15, -0.1) is 0 Å². The summed E-state index contributed by atoms with van der Waals surface area (Å²) in [5, 5.41) is 6.30. The van der Waals surface area contributed by atoms with Crippen LogP contribution < -0.4 is 10.6 Å². The van der Waals surface area contributed by atoms with Gasteiger partial charge in [0, 0.05) is 32.2 Å². The van der Waals surface area contributed by atoms with Crippen LogP contribution in [0.3, 0.4) is 0 Å². The Labute approximate surface area is 110 Å². The summed E-state index contributed by atoms with van der Waals surface area (Å²) in [6.07, 6.45) is 2.54. The largest absolute Gasteiger partial charge is 0.355 e. The van der Waals surface area contributed by atoms with Crippen LogP contribution in [-0.2, 0) is 4.79 Å². The van der Waals surface area contributed by atoms with E-state index in [0.29, 0.717) is 6.04 Å². The van der Waals surface area contributed by atoms with Gasteiger partial charge in [0.15, 0.2) is 0 Å². The number of carbonyl (C=O) groups excluding carboxylic acids is 1. The highest BCUT2D eigenvalue weighted by Crippen LogP contribution is 2.37. The molecule has 0 bridgehead atoms. The van der Waals surface area contributed by atoms with Crippen LogP contribution in [0.1, 0.15) is 33.6 Å². The zero-order chi connectivity index (χ0) is 13.1. The van der Waals surface area contributed by atoms with Gasteiger partial charge in [-0.05, 0) is 31.6 Å². The molecule has 0 aromatic carbocycles. The Morgan fingerprint density at radius 1 is 1.44 bits per heavy atom. The van der Waals surface area contributed by atoms with Crippen LogP contribution in [0.25, 0.3) is 0 Å². The van der Waals surface area contributed by atoms with Gasteiger partial charge >= 0.3 is 0 Å². The highest BCUT2D eigenvalue weighted by Gasteiger charge is 2.40. The standard InChI is InChI=1S/C14H27N3O/c1-4-16-14(18)13-9-15-5-6-17(13)12-7-11(8-12)10(2)3/h10-13,15H,4-9H2,1-3H3,(H,16,18). The van der Waals surface area contributed by atoms with Gasteiger partial charge in [-0.25, -0.2) is 0 Å². The fraction of sp³-hybridized carbons (Fsp3) is 0.929. The number of amides is 1. The third-order valence-corrected chi connectivity index (χ3v) is 4.50. The summed E-state index contributed by atoms with van der Waals surface area (Å²) in [5.41, 5.74) is 0. The average Bonchev–Trinajstić information content (AvgIpc) is 2.27. The Kier molecular flexibility index (Phi) is 4.62. The Hall–Kier alpha value is -0.610. The van der Waals surface area contributed by atoms with Crippen molar-refractivity contribution in [1.29, 1.82) is 0 Å². The molecule has 1 aliphatic heterocycles. The molecular formula is C14H27N3O. The fourth-order valence-corrected chi connectivity index (χ4v) is 3.14. The summed E-state index contributed by atoms with van der Waals surface area (Å²) >= 11 is 0. The number of nitrogens with zero attached hydrogens (tertiary/aromatic N) is 1. The molecule has 1 atom stereocenters. The number of rotatable bonds is 4. The molecule has 1 amide bonds. The van der Waals surface area contributed by atoms with Crippen LogP contribution in [0.15, 0.2) is 0 Å². The average molecular weight is 253 g/mol. The lowest BCUT2D eigenvalue weighted by Gasteiger charge is -2.49. The normalized spacial score (nSPS) is 33.2. The summed E-state index contributed by atoms with van der Waals surface area (Å²) in [5.74, 6) is 1.84. The van der Waals surface area contributed by atoms with E-state index in [1.165, 1.54) is 12.8 Å². The number of piperazine rings is 1. The van der Waals surface area contributed by atoms with Crippen LogP contribution in [0.2, 0.25) is 0 Å². The van der Waals surface area contributed by atoms with Crippen molar-refractivity contribution in [2.75, 3.05) is 26.2 Å². The Morgan fingerprint density at radius 2 is 2.17 bits per heavy atom. The van der Waals surface area contributed by atoms with Crippen molar-refractivity contribution < 1.29 is 4.79 Å². The first-order valence-electron chi connectivity index (χ1n) is 7.37. The summed E-state index contributed by atoms with van der Waals surface area (Å²) in [4.78, 5) is 14.5. The van der Waals surface area contributed by atoms with E-state index in [4.69, 9.17) is 0 Å². The molecule has 0 spiro atoms. The van der Waals surface area contributed by atoms with Crippen molar-refractivity contribution in [2.45, 2.75) is 45.7 Å². The predicted molar refractivity (Wildman–Crippen MR) is 73.4 cm³/mol. The third-order valence-electron chi connectivity index (χ3n) is 4.50. The zero-order valence-electron chi connectivity index (χ0n) is 11.9. The minimum Gasteiger partial charge on any atom is -0.355 e. The quantitative estimate of drug-likeness (QED) is 0.780. The number of hydrogen-bond donors (Lipinski definition) is 2. The number of hydrogen-bond acceptors (Lipinski definition) is 3. The second-order valence-corrected chi connectivity index (χ2v) is 5.98. The molecule has 0 radical (unpaired) electrons. The number of likely N-dealkylation sites (N-methyl/N-ethyl adjacent to an activating group) is 1. The summed E-state index contributed by atoms with van der Waals surface area (Å²) in [6.45, 7) is 10.1. The van der Waals surface area contributed by atoms with Gasteiger partial charge in [0.05, 0.1) is 0 Å². The van der Waals surface area contributed by atoms with E-state index in [2.05, 4.69) is 29.4 Å². The zero-order valence-corrected chi connectivity index (χ0v) is 11.9. The molecule has 1 aliphatic carbocycles. The summed E-state index contributed by atoms with van der Waals surface area (Å²) in [6, 6.07) is 0.670. The smallest absolute Gasteiger partial charge is 0.238 e. The molecule has 104 valence electrons. The van der Waals surface area contributed by atoms with E-state index >= 15 is 0 Å². The van der Waals surface area contributed by atoms with Crippen LogP contribution in [-0.4, -0.2) is 49.1 Å². The molecule has 0 aromatic rings. The molecule has 18 heavy (non-hydrogen) atoms. The minimum absolute atomic E-state index is 0.0387. The van der Waals surface area contributed by atoms with E-state index in [9.17, 15) is 4.79 Å². The Morgan fingerprint density at radius 3 is 2.78 bits per heavy atom. The lowest BCUT2D eigenvalue weighted by Crippen LogP contribution is -2.63. The Balaban J connectivity index is 1.91. The lowest BCUT2D eigenvalue weighted by atomic mass is 9.72. The first-order chi connectivity index (χ1) is 8.63. The highest BCUT2D eigenvalue weighted by atomic mass is 16.2. The van der Waals surface area contributed by atoms with E-state index in [1.54, 1.807) is 0 Å². The van der Waals surface area contributed by atoms with Crippen molar-refractivity contribution in [3.8, 4) is 0 Å². The first kappa shape index (κ1) is 13.8. The minimum atomic E-state index is 0.0387. The molecule has 1 heterocycles. The second-order valence-electron chi connectivity index (χ2n) is 5.98. The number of nitrogens with one attached hydrogen (secondary N) is 2. The maximum atomic E-state index is 12.1. The highest BCUT2D eigenvalue weighted by molar-refractivity contribution is 5.82. The number of carbonyl (C=O) groups is 1. The van der Waals surface area contributed by atoms with Crippen LogP contribution in [0.4, 0.5) is 0 Å². The summed E-state index contributed by atoms with van der Waals surface area (Å²) in [7, 11) is 0. The SMILES string of the molecule is CCNC(=O)C1CNCCN1C1CC(C(C)C)C1. The molecule has 1 saturated carbocycles. The molecule has 2 N–H and O–H groups in total. The van der Waals surface area contributed by atoms with Crippen molar-refractivity contribution in [2.24, 2.45) is 11.8 Å². The monoisotopic (exact) mass is 253 g/mol. The van der Waals surface area contributed by atoms with Crippen LogP contribution in [0, 0.1) is 11.8 Å². The van der Waals surface area contributed by atoms with Crippen LogP contribution in [0.5, 0.6) is 0 Å². The molecule has 1 saturated heterocycles. The molecule has 0 aromatic heterocycles. The van der Waals surface area contributed by atoms with E-state index < -0.39 is 0 Å². The van der Waals surface area contributed by atoms with Gasteiger partial charge in [-0.3, -0.25) is 9.69 Å². The topological polar surface area (TPSA) is 44.4 Å². The van der Waals surface area contributed by atoms with Gasteiger partial charge in [-0.1, -0.05) is 13.8 Å². The van der Waals surface area contributed by atoms with E-state index in [0.717, 1.165) is 38.0 Å². The second kappa shape index (κ2) is 6.02. The fourth-order valence-electron chi connectivity index (χ4n) is 3.14. The molecule has 2 rings (SSSR count). The first-order valence-corrected chi connectivity index (χ1v) is 7.37. The van der Waals surface area contributed by atoms with Crippen molar-refractivity contribution in [1.82, 2.24) is 15.5 Å².